The van der Waals surface area contributed by atoms with Crippen molar-refractivity contribution in [2.45, 2.75) is 30.9 Å². The van der Waals surface area contributed by atoms with E-state index >= 15 is 0 Å². The van der Waals surface area contributed by atoms with Crippen LogP contribution < -0.4 is 4.72 Å². The largest absolute Gasteiger partial charge is 0.388 e. The van der Waals surface area contributed by atoms with Gasteiger partial charge in [0.05, 0.1) is 17.2 Å². The lowest BCUT2D eigenvalue weighted by molar-refractivity contribution is 0.173. The minimum absolute atomic E-state index is 0.149. The molecular weight excluding hydrogens is 290 g/mol. The van der Waals surface area contributed by atoms with Crippen molar-refractivity contribution in [2.24, 2.45) is 7.05 Å². The van der Waals surface area contributed by atoms with E-state index in [1.54, 1.807) is 36.3 Å². The van der Waals surface area contributed by atoms with Crippen LogP contribution in [0.4, 0.5) is 0 Å². The maximum absolute atomic E-state index is 12.3. The van der Waals surface area contributed by atoms with E-state index in [-0.39, 0.29) is 11.4 Å². The van der Waals surface area contributed by atoms with Crippen LogP contribution in [0.5, 0.6) is 0 Å². The highest BCUT2D eigenvalue weighted by atomic mass is 32.2. The van der Waals surface area contributed by atoms with Gasteiger partial charge in [0.15, 0.2) is 0 Å². The Morgan fingerprint density at radius 1 is 1.43 bits per heavy atom. The molecule has 1 aromatic heterocycles. The first-order valence-electron chi connectivity index (χ1n) is 6.67. The zero-order valence-corrected chi connectivity index (χ0v) is 12.8. The number of aromatic nitrogens is 2. The van der Waals surface area contributed by atoms with Crippen molar-refractivity contribution in [3.63, 3.8) is 0 Å². The number of hydrogen-bond donors (Lipinski definition) is 2. The molecule has 1 atom stereocenters. The monoisotopic (exact) mass is 309 g/mol. The third kappa shape index (κ3) is 3.90. The smallest absolute Gasteiger partial charge is 0.240 e. The van der Waals surface area contributed by atoms with Crippen molar-refractivity contribution in [1.29, 1.82) is 0 Å². The third-order valence-corrected chi connectivity index (χ3v) is 4.56. The summed E-state index contributed by atoms with van der Waals surface area (Å²) in [7, 11) is -1.84. The summed E-state index contributed by atoms with van der Waals surface area (Å²) in [6.45, 7) is 2.02. The van der Waals surface area contributed by atoms with E-state index in [0.29, 0.717) is 12.0 Å². The molecule has 0 aliphatic rings. The van der Waals surface area contributed by atoms with Gasteiger partial charge in [-0.25, -0.2) is 13.1 Å². The van der Waals surface area contributed by atoms with Crippen LogP contribution in [0.1, 0.15) is 30.6 Å². The van der Waals surface area contributed by atoms with Gasteiger partial charge in [0.2, 0.25) is 10.0 Å². The molecule has 114 valence electrons. The van der Waals surface area contributed by atoms with Crippen LogP contribution in [0, 0.1) is 0 Å². The summed E-state index contributed by atoms with van der Waals surface area (Å²) in [6.07, 6.45) is 3.24. The van der Waals surface area contributed by atoms with Crippen LogP contribution in [0.3, 0.4) is 0 Å². The fraction of sp³-hybridized carbons (Fsp3) is 0.357. The summed E-state index contributed by atoms with van der Waals surface area (Å²) in [5, 5.41) is 13.8. The van der Waals surface area contributed by atoms with Gasteiger partial charge >= 0.3 is 0 Å². The van der Waals surface area contributed by atoms with E-state index in [1.165, 1.54) is 12.1 Å². The van der Waals surface area contributed by atoms with Crippen molar-refractivity contribution in [3.05, 3.63) is 47.8 Å². The number of nitrogens with one attached hydrogen (secondary N) is 1. The van der Waals surface area contributed by atoms with Gasteiger partial charge < -0.3 is 5.11 Å². The fourth-order valence-electron chi connectivity index (χ4n) is 1.95. The van der Waals surface area contributed by atoms with Gasteiger partial charge in [0.1, 0.15) is 0 Å². The fourth-order valence-corrected chi connectivity index (χ4v) is 3.02. The molecule has 2 rings (SSSR count). The Hall–Kier alpha value is -1.70. The first-order chi connectivity index (χ1) is 9.92. The van der Waals surface area contributed by atoms with Crippen LogP contribution in [-0.4, -0.2) is 23.3 Å². The predicted molar refractivity (Wildman–Crippen MR) is 78.9 cm³/mol. The highest BCUT2D eigenvalue weighted by Gasteiger charge is 2.16. The van der Waals surface area contributed by atoms with Crippen LogP contribution in [0.25, 0.3) is 0 Å². The third-order valence-electron chi connectivity index (χ3n) is 3.16. The van der Waals surface area contributed by atoms with Crippen LogP contribution in [-0.2, 0) is 23.6 Å². The van der Waals surface area contributed by atoms with E-state index in [2.05, 4.69) is 9.82 Å². The zero-order chi connectivity index (χ0) is 15.5. The Morgan fingerprint density at radius 3 is 2.81 bits per heavy atom. The first kappa shape index (κ1) is 15.7. The summed E-state index contributed by atoms with van der Waals surface area (Å²) >= 11 is 0. The summed E-state index contributed by atoms with van der Waals surface area (Å²) < 4.78 is 28.7. The first-order valence-corrected chi connectivity index (χ1v) is 8.16. The Morgan fingerprint density at radius 2 is 2.19 bits per heavy atom. The number of nitrogens with zero attached hydrogens (tertiary/aromatic N) is 2. The number of rotatable bonds is 6. The van der Waals surface area contributed by atoms with Gasteiger partial charge in [0.25, 0.3) is 0 Å². The molecule has 6 nitrogen and oxygen atoms in total. The lowest BCUT2D eigenvalue weighted by Gasteiger charge is -2.11. The van der Waals surface area contributed by atoms with Crippen LogP contribution in [0.2, 0.25) is 0 Å². The molecule has 2 N–H and O–H groups in total. The molecule has 1 unspecified atom stereocenters. The minimum atomic E-state index is -3.61. The summed E-state index contributed by atoms with van der Waals surface area (Å²) in [4.78, 5) is 0.149. The number of aliphatic hydroxyl groups is 1. The molecule has 0 saturated carbocycles. The van der Waals surface area contributed by atoms with E-state index < -0.39 is 16.1 Å². The molecule has 2 aromatic rings. The maximum Gasteiger partial charge on any atom is 0.240 e. The number of sulfonamides is 1. The molecule has 0 spiro atoms. The van der Waals surface area contributed by atoms with Crippen molar-refractivity contribution < 1.29 is 13.5 Å². The summed E-state index contributed by atoms with van der Waals surface area (Å²) in [6, 6.07) is 6.36. The molecule has 7 heteroatoms. The zero-order valence-electron chi connectivity index (χ0n) is 12.0. The van der Waals surface area contributed by atoms with E-state index in [4.69, 9.17) is 0 Å². The maximum atomic E-state index is 12.3. The molecule has 0 aliphatic heterocycles. The topological polar surface area (TPSA) is 84.2 Å². The van der Waals surface area contributed by atoms with E-state index in [1.807, 2.05) is 6.92 Å². The van der Waals surface area contributed by atoms with E-state index in [0.717, 1.165) is 5.56 Å². The molecule has 0 bridgehead atoms. The lowest BCUT2D eigenvalue weighted by atomic mass is 10.1. The SMILES string of the molecule is CCC(O)c1cccc(S(=O)(=O)NCc2cnn(C)c2)c1. The average molecular weight is 309 g/mol. The van der Waals surface area contributed by atoms with Gasteiger partial charge in [-0.2, -0.15) is 5.10 Å². The van der Waals surface area contributed by atoms with Crippen molar-refractivity contribution >= 4 is 10.0 Å². The van der Waals surface area contributed by atoms with Gasteiger partial charge in [-0.1, -0.05) is 19.1 Å². The highest BCUT2D eigenvalue weighted by molar-refractivity contribution is 7.89. The van der Waals surface area contributed by atoms with E-state index in [9.17, 15) is 13.5 Å². The second-order valence-electron chi connectivity index (χ2n) is 4.84. The van der Waals surface area contributed by atoms with Gasteiger partial charge in [0, 0.05) is 25.4 Å². The normalized spacial score (nSPS) is 13.3. The molecule has 0 aliphatic carbocycles. The standard InChI is InChI=1S/C14H19N3O3S/c1-3-14(18)12-5-4-6-13(7-12)21(19,20)16-9-11-8-15-17(2)10-11/h4-8,10,14,16,18H,3,9H2,1-2H3. The van der Waals surface area contributed by atoms with Gasteiger partial charge in [-0.3, -0.25) is 4.68 Å². The number of benzene rings is 1. The average Bonchev–Trinajstić information content (AvgIpc) is 2.90. The second-order valence-corrected chi connectivity index (χ2v) is 6.61. The molecule has 0 radical (unpaired) electrons. The number of hydrogen-bond acceptors (Lipinski definition) is 4. The van der Waals surface area contributed by atoms with Crippen LogP contribution >= 0.6 is 0 Å². The molecule has 21 heavy (non-hydrogen) atoms. The summed E-state index contributed by atoms with van der Waals surface area (Å²) in [5.41, 5.74) is 1.38. The molecule has 0 saturated heterocycles. The molecule has 1 aromatic carbocycles. The second kappa shape index (κ2) is 6.38. The van der Waals surface area contributed by atoms with Crippen molar-refractivity contribution in [3.8, 4) is 0 Å². The predicted octanol–water partition coefficient (Wildman–Crippen LogP) is 1.34. The molecular formula is C14H19N3O3S. The molecule has 0 amide bonds. The summed E-state index contributed by atoms with van der Waals surface area (Å²) in [5.74, 6) is 0. The van der Waals surface area contributed by atoms with Gasteiger partial charge in [-0.05, 0) is 24.1 Å². The van der Waals surface area contributed by atoms with Crippen molar-refractivity contribution in [1.82, 2.24) is 14.5 Å². The lowest BCUT2D eigenvalue weighted by Crippen LogP contribution is -2.23. The Bertz CT molecular complexity index is 710. The van der Waals surface area contributed by atoms with Crippen molar-refractivity contribution in [2.75, 3.05) is 0 Å². The molecule has 0 fully saturated rings. The van der Waals surface area contributed by atoms with Crippen LogP contribution in [0.15, 0.2) is 41.6 Å². The number of aryl methyl sites for hydroxylation is 1. The Kier molecular flexibility index (Phi) is 4.76. The Labute approximate surface area is 124 Å². The minimum Gasteiger partial charge on any atom is -0.388 e. The van der Waals surface area contributed by atoms with Gasteiger partial charge in [-0.15, -0.1) is 0 Å². The highest BCUT2D eigenvalue weighted by Crippen LogP contribution is 2.19. The number of aliphatic hydroxyl groups excluding tert-OH is 1. The quantitative estimate of drug-likeness (QED) is 0.843. The molecule has 1 heterocycles. The Balaban J connectivity index is 2.15.